The van der Waals surface area contributed by atoms with Crippen molar-refractivity contribution in [1.82, 2.24) is 0 Å². The van der Waals surface area contributed by atoms with Gasteiger partial charge < -0.3 is 0 Å². The molecule has 20 heavy (non-hydrogen) atoms. The van der Waals surface area contributed by atoms with Gasteiger partial charge >= 0.3 is 0 Å². The molecule has 0 unspecified atom stereocenters. The summed E-state index contributed by atoms with van der Waals surface area (Å²) >= 11 is 0. The summed E-state index contributed by atoms with van der Waals surface area (Å²) in [5.74, 6) is 0.513. The van der Waals surface area contributed by atoms with E-state index < -0.39 is 10.0 Å². The Hall–Kier alpha value is -1.65. The maximum Gasteiger partial charge on any atom is 0.238 e. The van der Waals surface area contributed by atoms with E-state index >= 15 is 0 Å². The third-order valence-electron chi connectivity index (χ3n) is 3.08. The summed E-state index contributed by atoms with van der Waals surface area (Å²) in [7, 11) is -3.73. The fourth-order valence-electron chi connectivity index (χ4n) is 2.27. The first-order valence-electron chi connectivity index (χ1n) is 6.59. The van der Waals surface area contributed by atoms with Crippen LogP contribution in [-0.2, 0) is 16.4 Å². The van der Waals surface area contributed by atoms with E-state index in [9.17, 15) is 8.42 Å². The van der Waals surface area contributed by atoms with Gasteiger partial charge in [0.1, 0.15) is 0 Å². The van der Waals surface area contributed by atoms with Gasteiger partial charge in [0.05, 0.1) is 4.90 Å². The van der Waals surface area contributed by atoms with Gasteiger partial charge in [0.25, 0.3) is 0 Å². The molecular formula is C16H19NO2S. The molecule has 2 aromatic carbocycles. The lowest BCUT2D eigenvalue weighted by atomic mass is 9.98. The Labute approximate surface area is 120 Å². The molecule has 0 spiro atoms. The first-order chi connectivity index (χ1) is 9.38. The Morgan fingerprint density at radius 2 is 1.70 bits per heavy atom. The molecule has 0 bridgehead atoms. The van der Waals surface area contributed by atoms with Crippen molar-refractivity contribution in [2.75, 3.05) is 0 Å². The van der Waals surface area contributed by atoms with Crippen LogP contribution in [0.5, 0.6) is 0 Å². The van der Waals surface area contributed by atoms with Crippen LogP contribution in [0.3, 0.4) is 0 Å². The van der Waals surface area contributed by atoms with Crippen LogP contribution in [0, 0.1) is 5.92 Å². The third-order valence-corrected chi connectivity index (χ3v) is 4.05. The van der Waals surface area contributed by atoms with E-state index in [4.69, 9.17) is 5.14 Å². The standard InChI is InChI=1S/C16H19NO2S/c1-12(2)10-13-8-9-16(20(17,18)19)15(11-13)14-6-4-3-5-7-14/h3-9,11-12H,10H2,1-2H3,(H2,17,18,19). The van der Waals surface area contributed by atoms with Crippen molar-refractivity contribution in [3.05, 3.63) is 54.1 Å². The molecule has 0 saturated heterocycles. The van der Waals surface area contributed by atoms with E-state index in [-0.39, 0.29) is 4.90 Å². The van der Waals surface area contributed by atoms with Crippen LogP contribution < -0.4 is 5.14 Å². The van der Waals surface area contributed by atoms with Crippen molar-refractivity contribution in [2.45, 2.75) is 25.2 Å². The number of benzene rings is 2. The second-order valence-corrected chi connectivity index (χ2v) is 6.87. The monoisotopic (exact) mass is 289 g/mol. The largest absolute Gasteiger partial charge is 0.238 e. The average molecular weight is 289 g/mol. The maximum absolute atomic E-state index is 11.7. The van der Waals surface area contributed by atoms with Gasteiger partial charge in [-0.05, 0) is 35.6 Å². The van der Waals surface area contributed by atoms with E-state index in [0.717, 1.165) is 17.5 Å². The van der Waals surface area contributed by atoms with Crippen LogP contribution in [0.25, 0.3) is 11.1 Å². The normalized spacial score (nSPS) is 11.8. The molecule has 2 N–H and O–H groups in total. The summed E-state index contributed by atoms with van der Waals surface area (Å²) in [5, 5.41) is 5.32. The highest BCUT2D eigenvalue weighted by atomic mass is 32.2. The topological polar surface area (TPSA) is 60.2 Å². The van der Waals surface area contributed by atoms with Gasteiger partial charge in [0.2, 0.25) is 10.0 Å². The number of hydrogen-bond donors (Lipinski definition) is 1. The quantitative estimate of drug-likeness (QED) is 0.939. The summed E-state index contributed by atoms with van der Waals surface area (Å²) in [6.07, 6.45) is 0.907. The minimum absolute atomic E-state index is 0.177. The van der Waals surface area contributed by atoms with Gasteiger partial charge in [-0.2, -0.15) is 0 Å². The second-order valence-electron chi connectivity index (χ2n) is 5.34. The number of primary sulfonamides is 1. The molecule has 2 rings (SSSR count). The SMILES string of the molecule is CC(C)Cc1ccc(S(N)(=O)=O)c(-c2ccccc2)c1. The Bertz CT molecular complexity index is 692. The van der Waals surface area contributed by atoms with Gasteiger partial charge in [0, 0.05) is 5.56 Å². The lowest BCUT2D eigenvalue weighted by molar-refractivity contribution is 0.598. The van der Waals surface area contributed by atoms with E-state index in [2.05, 4.69) is 13.8 Å². The first kappa shape index (κ1) is 14.8. The molecule has 4 heteroatoms. The van der Waals surface area contributed by atoms with Gasteiger partial charge in [-0.15, -0.1) is 0 Å². The molecule has 0 atom stereocenters. The molecule has 2 aromatic rings. The highest BCUT2D eigenvalue weighted by Gasteiger charge is 2.16. The summed E-state index contributed by atoms with van der Waals surface area (Å²) in [5.41, 5.74) is 2.65. The molecule has 3 nitrogen and oxygen atoms in total. The Balaban J connectivity index is 2.61. The van der Waals surface area contributed by atoms with Crippen molar-refractivity contribution in [2.24, 2.45) is 11.1 Å². The minimum Gasteiger partial charge on any atom is -0.225 e. The fraction of sp³-hybridized carbons (Fsp3) is 0.250. The average Bonchev–Trinajstić information content (AvgIpc) is 2.37. The summed E-state index contributed by atoms with van der Waals surface area (Å²) in [4.78, 5) is 0.177. The third kappa shape index (κ3) is 3.46. The lowest BCUT2D eigenvalue weighted by Crippen LogP contribution is -2.13. The molecule has 0 aromatic heterocycles. The van der Waals surface area contributed by atoms with Crippen molar-refractivity contribution in [3.8, 4) is 11.1 Å². The highest BCUT2D eigenvalue weighted by molar-refractivity contribution is 7.89. The number of sulfonamides is 1. The molecule has 0 aliphatic rings. The zero-order valence-electron chi connectivity index (χ0n) is 11.7. The Kier molecular flexibility index (Phi) is 4.26. The van der Waals surface area contributed by atoms with Gasteiger partial charge in [-0.3, -0.25) is 0 Å². The van der Waals surface area contributed by atoms with Gasteiger partial charge in [-0.25, -0.2) is 13.6 Å². The summed E-state index contributed by atoms with van der Waals surface area (Å²) in [6.45, 7) is 4.27. The fourth-order valence-corrected chi connectivity index (χ4v) is 3.01. The predicted octanol–water partition coefficient (Wildman–Crippen LogP) is 3.20. The zero-order chi connectivity index (χ0) is 14.8. The summed E-state index contributed by atoms with van der Waals surface area (Å²) in [6, 6.07) is 14.8. The van der Waals surface area contributed by atoms with Crippen LogP contribution in [0.4, 0.5) is 0 Å². The number of nitrogens with two attached hydrogens (primary N) is 1. The van der Waals surface area contributed by atoms with Gasteiger partial charge in [0.15, 0.2) is 0 Å². The first-order valence-corrected chi connectivity index (χ1v) is 8.13. The highest BCUT2D eigenvalue weighted by Crippen LogP contribution is 2.28. The van der Waals surface area contributed by atoms with Crippen LogP contribution in [-0.4, -0.2) is 8.42 Å². The molecule has 0 fully saturated rings. The molecule has 0 heterocycles. The van der Waals surface area contributed by atoms with Crippen LogP contribution in [0.1, 0.15) is 19.4 Å². The van der Waals surface area contributed by atoms with Crippen molar-refractivity contribution < 1.29 is 8.42 Å². The molecule has 0 aliphatic heterocycles. The van der Waals surface area contributed by atoms with E-state index in [0.29, 0.717) is 11.5 Å². The summed E-state index contributed by atoms with van der Waals surface area (Å²) < 4.78 is 23.5. The second kappa shape index (κ2) is 5.77. The molecular weight excluding hydrogens is 270 g/mol. The van der Waals surface area contributed by atoms with Crippen LogP contribution in [0.2, 0.25) is 0 Å². The molecule has 0 saturated carbocycles. The van der Waals surface area contributed by atoms with Crippen LogP contribution >= 0.6 is 0 Å². The number of rotatable bonds is 4. The molecule has 0 aliphatic carbocycles. The minimum atomic E-state index is -3.73. The van der Waals surface area contributed by atoms with Crippen LogP contribution in [0.15, 0.2) is 53.4 Å². The molecule has 0 amide bonds. The van der Waals surface area contributed by atoms with Crippen molar-refractivity contribution >= 4 is 10.0 Å². The number of hydrogen-bond acceptors (Lipinski definition) is 2. The van der Waals surface area contributed by atoms with Crippen molar-refractivity contribution in [3.63, 3.8) is 0 Å². The lowest BCUT2D eigenvalue weighted by Gasteiger charge is -2.12. The van der Waals surface area contributed by atoms with E-state index in [1.54, 1.807) is 6.07 Å². The zero-order valence-corrected chi connectivity index (χ0v) is 12.5. The smallest absolute Gasteiger partial charge is 0.225 e. The maximum atomic E-state index is 11.7. The Morgan fingerprint density at radius 3 is 2.25 bits per heavy atom. The molecule has 0 radical (unpaired) electrons. The Morgan fingerprint density at radius 1 is 1.05 bits per heavy atom. The predicted molar refractivity (Wildman–Crippen MR) is 81.8 cm³/mol. The van der Waals surface area contributed by atoms with Gasteiger partial charge in [-0.1, -0.05) is 50.2 Å². The van der Waals surface area contributed by atoms with Crippen molar-refractivity contribution in [1.29, 1.82) is 0 Å². The van der Waals surface area contributed by atoms with E-state index in [1.807, 2.05) is 42.5 Å². The molecule has 106 valence electrons. The van der Waals surface area contributed by atoms with E-state index in [1.165, 1.54) is 0 Å².